The Bertz CT molecular complexity index is 734. The monoisotopic (exact) mass is 387 g/mol. The van der Waals surface area contributed by atoms with Crippen LogP contribution in [0.5, 0.6) is 5.75 Å². The van der Waals surface area contributed by atoms with Gasteiger partial charge in [-0.15, -0.1) is 11.3 Å². The third-order valence-corrected chi connectivity index (χ3v) is 5.68. The first-order chi connectivity index (χ1) is 13.1. The predicted octanol–water partition coefficient (Wildman–Crippen LogP) is 4.24. The van der Waals surface area contributed by atoms with Crippen LogP contribution in [-0.2, 0) is 25.8 Å². The molecule has 2 aromatic rings. The number of aromatic nitrogens is 1. The number of benzene rings is 1. The highest BCUT2D eigenvalue weighted by Crippen LogP contribution is 2.27. The van der Waals surface area contributed by atoms with Crippen LogP contribution < -0.4 is 15.4 Å². The number of aryl methyl sites for hydroxylation is 3. The van der Waals surface area contributed by atoms with Crippen LogP contribution in [0.15, 0.2) is 24.3 Å². The van der Waals surface area contributed by atoms with Gasteiger partial charge in [0.15, 0.2) is 0 Å². The maximum Gasteiger partial charge on any atom is 0.315 e. The molecule has 0 aliphatic heterocycles. The van der Waals surface area contributed by atoms with Crippen molar-refractivity contribution in [3.05, 3.63) is 45.4 Å². The minimum Gasteiger partial charge on any atom is -0.491 e. The van der Waals surface area contributed by atoms with Crippen molar-refractivity contribution in [2.75, 3.05) is 6.54 Å². The van der Waals surface area contributed by atoms with Crippen molar-refractivity contribution in [3.63, 3.8) is 0 Å². The number of urea groups is 1. The number of rotatable bonds is 8. The molecule has 1 aromatic carbocycles. The molecule has 0 unspecified atom stereocenters. The first-order valence-corrected chi connectivity index (χ1v) is 10.7. The fraction of sp³-hybridized carbons (Fsp3) is 0.524. The average molecular weight is 388 g/mol. The van der Waals surface area contributed by atoms with Gasteiger partial charge in [-0.3, -0.25) is 0 Å². The van der Waals surface area contributed by atoms with Crippen molar-refractivity contribution >= 4 is 17.4 Å². The maximum absolute atomic E-state index is 12.0. The third-order valence-electron chi connectivity index (χ3n) is 4.47. The van der Waals surface area contributed by atoms with Crippen LogP contribution in [0.4, 0.5) is 4.79 Å². The Morgan fingerprint density at radius 3 is 2.93 bits per heavy atom. The summed E-state index contributed by atoms with van der Waals surface area (Å²) in [6, 6.07) is 7.69. The molecule has 2 amide bonds. The number of nitrogens with zero attached hydrogens (tertiary/aromatic N) is 1. The second-order valence-electron chi connectivity index (χ2n) is 7.21. The van der Waals surface area contributed by atoms with E-state index in [-0.39, 0.29) is 12.1 Å². The van der Waals surface area contributed by atoms with Gasteiger partial charge in [0, 0.05) is 24.4 Å². The quantitative estimate of drug-likeness (QED) is 0.666. The van der Waals surface area contributed by atoms with Gasteiger partial charge in [0.25, 0.3) is 0 Å². The number of nitrogens with one attached hydrogen (secondary N) is 2. The lowest BCUT2D eigenvalue weighted by Gasteiger charge is -2.11. The number of hydrogen-bond acceptors (Lipinski definition) is 4. The zero-order chi connectivity index (χ0) is 19.1. The molecule has 0 saturated carbocycles. The van der Waals surface area contributed by atoms with Crippen LogP contribution >= 0.6 is 11.3 Å². The number of carbonyl (C=O) groups excluding carboxylic acids is 1. The van der Waals surface area contributed by atoms with Gasteiger partial charge in [0.2, 0.25) is 0 Å². The summed E-state index contributed by atoms with van der Waals surface area (Å²) in [6.45, 7) is 5.14. The SMILES string of the molecule is CC(C)Oc1cccc(CNC(=O)NCCCc2nc3c(s2)CCCC3)c1. The minimum atomic E-state index is -0.136. The lowest BCUT2D eigenvalue weighted by molar-refractivity contribution is 0.239. The maximum atomic E-state index is 12.0. The van der Waals surface area contributed by atoms with E-state index in [1.807, 2.05) is 49.4 Å². The van der Waals surface area contributed by atoms with Crippen molar-refractivity contribution in [2.45, 2.75) is 65.0 Å². The van der Waals surface area contributed by atoms with E-state index < -0.39 is 0 Å². The first-order valence-electron chi connectivity index (χ1n) is 9.85. The Morgan fingerprint density at radius 1 is 1.26 bits per heavy atom. The lowest BCUT2D eigenvalue weighted by Crippen LogP contribution is -2.35. The number of fused-ring (bicyclic) bond motifs is 1. The fourth-order valence-electron chi connectivity index (χ4n) is 3.20. The molecule has 0 atom stereocenters. The van der Waals surface area contributed by atoms with E-state index in [0.717, 1.165) is 30.6 Å². The van der Waals surface area contributed by atoms with Gasteiger partial charge in [-0.2, -0.15) is 0 Å². The molecule has 146 valence electrons. The third kappa shape index (κ3) is 6.24. The standard InChI is InChI=1S/C21H29N3O2S/c1-15(2)26-17-8-5-7-16(13-17)14-23-21(25)22-12-6-11-20-24-18-9-3-4-10-19(18)27-20/h5,7-8,13,15H,3-4,6,9-12,14H2,1-2H3,(H2,22,23,25). The summed E-state index contributed by atoms with van der Waals surface area (Å²) < 4.78 is 5.68. The summed E-state index contributed by atoms with van der Waals surface area (Å²) in [5.74, 6) is 0.829. The number of hydrogen-bond donors (Lipinski definition) is 2. The highest BCUT2D eigenvalue weighted by Gasteiger charge is 2.14. The average Bonchev–Trinajstić information content (AvgIpc) is 3.06. The van der Waals surface area contributed by atoms with Gasteiger partial charge in [-0.1, -0.05) is 12.1 Å². The Morgan fingerprint density at radius 2 is 2.11 bits per heavy atom. The summed E-state index contributed by atoms with van der Waals surface area (Å²) in [5.41, 5.74) is 2.34. The molecule has 3 rings (SSSR count). The molecule has 1 aliphatic carbocycles. The molecule has 27 heavy (non-hydrogen) atoms. The molecular formula is C21H29N3O2S. The highest BCUT2D eigenvalue weighted by atomic mass is 32.1. The summed E-state index contributed by atoms with van der Waals surface area (Å²) in [5, 5.41) is 7.04. The van der Waals surface area contributed by atoms with E-state index in [2.05, 4.69) is 10.6 Å². The Labute approximate surface area is 165 Å². The Kier molecular flexibility index (Phi) is 7.10. The van der Waals surface area contributed by atoms with Gasteiger partial charge < -0.3 is 15.4 Å². The molecule has 6 heteroatoms. The van der Waals surface area contributed by atoms with Crippen LogP contribution in [0.25, 0.3) is 0 Å². The molecule has 0 spiro atoms. The molecule has 1 aromatic heterocycles. The molecule has 1 heterocycles. The van der Waals surface area contributed by atoms with Crippen LogP contribution in [0, 0.1) is 0 Å². The highest BCUT2D eigenvalue weighted by molar-refractivity contribution is 7.11. The van der Waals surface area contributed by atoms with Crippen LogP contribution in [0.3, 0.4) is 0 Å². The topological polar surface area (TPSA) is 63.2 Å². The van der Waals surface area contributed by atoms with Crippen LogP contribution in [0.2, 0.25) is 0 Å². The van der Waals surface area contributed by atoms with Gasteiger partial charge in [-0.05, 0) is 63.6 Å². The Hall–Kier alpha value is -2.08. The molecule has 0 saturated heterocycles. The molecule has 5 nitrogen and oxygen atoms in total. The molecular weight excluding hydrogens is 358 g/mol. The van der Waals surface area contributed by atoms with Crippen molar-refractivity contribution in [2.24, 2.45) is 0 Å². The van der Waals surface area contributed by atoms with Crippen molar-refractivity contribution in [3.8, 4) is 5.75 Å². The molecule has 2 N–H and O–H groups in total. The first kappa shape index (κ1) is 19.7. The predicted molar refractivity (Wildman–Crippen MR) is 110 cm³/mol. The lowest BCUT2D eigenvalue weighted by atomic mass is 10.0. The summed E-state index contributed by atoms with van der Waals surface area (Å²) >= 11 is 1.86. The normalized spacial score (nSPS) is 13.3. The summed E-state index contributed by atoms with van der Waals surface area (Å²) in [6.07, 6.45) is 6.88. The zero-order valence-corrected chi connectivity index (χ0v) is 17.0. The van der Waals surface area contributed by atoms with Gasteiger partial charge in [-0.25, -0.2) is 9.78 Å². The van der Waals surface area contributed by atoms with E-state index in [1.165, 1.54) is 34.8 Å². The zero-order valence-electron chi connectivity index (χ0n) is 16.2. The van der Waals surface area contributed by atoms with E-state index in [9.17, 15) is 4.79 Å². The number of thiazole rings is 1. The van der Waals surface area contributed by atoms with Crippen molar-refractivity contribution in [1.29, 1.82) is 0 Å². The van der Waals surface area contributed by atoms with Gasteiger partial charge in [0.1, 0.15) is 5.75 Å². The second-order valence-corrected chi connectivity index (χ2v) is 8.38. The molecule has 0 fully saturated rings. The Balaban J connectivity index is 1.34. The van der Waals surface area contributed by atoms with E-state index in [4.69, 9.17) is 9.72 Å². The number of ether oxygens (including phenoxy) is 1. The summed E-state index contributed by atoms with van der Waals surface area (Å²) in [7, 11) is 0. The van der Waals surface area contributed by atoms with Gasteiger partial charge in [0.05, 0.1) is 16.8 Å². The minimum absolute atomic E-state index is 0.136. The molecule has 0 radical (unpaired) electrons. The number of amides is 2. The van der Waals surface area contributed by atoms with E-state index in [1.54, 1.807) is 0 Å². The van der Waals surface area contributed by atoms with E-state index in [0.29, 0.717) is 13.1 Å². The summed E-state index contributed by atoms with van der Waals surface area (Å²) in [4.78, 5) is 18.2. The fourth-order valence-corrected chi connectivity index (χ4v) is 4.40. The molecule has 0 bridgehead atoms. The van der Waals surface area contributed by atoms with Crippen molar-refractivity contribution < 1.29 is 9.53 Å². The molecule has 1 aliphatic rings. The largest absolute Gasteiger partial charge is 0.491 e. The smallest absolute Gasteiger partial charge is 0.315 e. The van der Waals surface area contributed by atoms with Crippen molar-refractivity contribution in [1.82, 2.24) is 15.6 Å². The van der Waals surface area contributed by atoms with E-state index >= 15 is 0 Å². The van der Waals surface area contributed by atoms with Gasteiger partial charge >= 0.3 is 6.03 Å². The van der Waals surface area contributed by atoms with Crippen LogP contribution in [-0.4, -0.2) is 23.7 Å². The van der Waals surface area contributed by atoms with Crippen LogP contribution in [0.1, 0.15) is 54.3 Å². The number of carbonyl (C=O) groups is 1. The second kappa shape index (κ2) is 9.74.